The van der Waals surface area contributed by atoms with Gasteiger partial charge < -0.3 is 5.32 Å². The van der Waals surface area contributed by atoms with E-state index in [0.29, 0.717) is 6.04 Å². The maximum absolute atomic E-state index is 4.09. The molecule has 0 bridgehead atoms. The molecular formula is C29H43N. The third kappa shape index (κ3) is 3.78. The second-order valence-electron chi connectivity index (χ2n) is 12.1. The first-order valence-corrected chi connectivity index (χ1v) is 13.6. The molecule has 5 aliphatic carbocycles. The van der Waals surface area contributed by atoms with E-state index >= 15 is 0 Å². The highest BCUT2D eigenvalue weighted by Crippen LogP contribution is 2.49. The highest BCUT2D eigenvalue weighted by atomic mass is 15.0. The van der Waals surface area contributed by atoms with Crippen LogP contribution in [0.3, 0.4) is 0 Å². The standard InChI is InChI=1S/C29H43N/c1-19-17-23(15-16-25(19)22-13-14-22)21-11-9-20(10-12-21)18-24-5-4-7-27-26-6-2-3-8-28(26)30-29(24)27/h4-5,7,15-16,19-23,25-30H,2-3,6,8-14,17-18H2,1H3. The van der Waals surface area contributed by atoms with E-state index in [-0.39, 0.29) is 0 Å². The molecule has 0 spiro atoms. The van der Waals surface area contributed by atoms with Gasteiger partial charge in [-0.1, -0.05) is 55.7 Å². The summed E-state index contributed by atoms with van der Waals surface area (Å²) in [6.07, 6.45) is 30.3. The molecule has 0 radical (unpaired) electrons. The fourth-order valence-corrected chi connectivity index (χ4v) is 8.36. The first-order chi connectivity index (χ1) is 14.8. The lowest BCUT2D eigenvalue weighted by atomic mass is 9.67. The van der Waals surface area contributed by atoms with E-state index in [1.807, 2.05) is 0 Å². The average Bonchev–Trinajstić information content (AvgIpc) is 3.54. The Morgan fingerprint density at radius 3 is 2.43 bits per heavy atom. The molecule has 6 rings (SSSR count). The topological polar surface area (TPSA) is 12.0 Å². The van der Waals surface area contributed by atoms with E-state index in [4.69, 9.17) is 0 Å². The molecule has 0 aromatic rings. The Morgan fingerprint density at radius 1 is 0.833 bits per heavy atom. The van der Waals surface area contributed by atoms with Crippen molar-refractivity contribution < 1.29 is 0 Å². The number of nitrogens with one attached hydrogen (secondary N) is 1. The molecule has 1 N–H and O–H groups in total. The predicted molar refractivity (Wildman–Crippen MR) is 126 cm³/mol. The molecule has 30 heavy (non-hydrogen) atoms. The Balaban J connectivity index is 1.03. The van der Waals surface area contributed by atoms with E-state index in [9.17, 15) is 0 Å². The Kier molecular flexibility index (Phi) is 5.47. The normalized spacial score (nSPS) is 48.2. The zero-order valence-electron chi connectivity index (χ0n) is 19.1. The summed E-state index contributed by atoms with van der Waals surface area (Å²) in [5.74, 6) is 7.39. The molecule has 1 aliphatic heterocycles. The largest absolute Gasteiger partial charge is 0.307 e. The van der Waals surface area contributed by atoms with Crippen LogP contribution in [0.4, 0.5) is 0 Å². The summed E-state index contributed by atoms with van der Waals surface area (Å²) >= 11 is 0. The number of fused-ring (bicyclic) bond motifs is 3. The number of hydrogen-bond donors (Lipinski definition) is 1. The maximum Gasteiger partial charge on any atom is 0.0351 e. The summed E-state index contributed by atoms with van der Waals surface area (Å²) in [6.45, 7) is 2.54. The van der Waals surface area contributed by atoms with Gasteiger partial charge in [-0.15, -0.1) is 0 Å². The van der Waals surface area contributed by atoms with Crippen molar-refractivity contribution in [3.63, 3.8) is 0 Å². The fraction of sp³-hybridized carbons (Fsp3) is 0.793. The van der Waals surface area contributed by atoms with E-state index < -0.39 is 0 Å². The van der Waals surface area contributed by atoms with Crippen LogP contribution in [0.15, 0.2) is 36.0 Å². The first-order valence-electron chi connectivity index (χ1n) is 13.6. The van der Waals surface area contributed by atoms with Crippen LogP contribution in [-0.2, 0) is 0 Å². The quantitative estimate of drug-likeness (QED) is 0.493. The summed E-state index contributed by atoms with van der Waals surface area (Å²) in [7, 11) is 0. The van der Waals surface area contributed by atoms with Gasteiger partial charge >= 0.3 is 0 Å². The zero-order valence-corrected chi connectivity index (χ0v) is 19.1. The van der Waals surface area contributed by atoms with Crippen LogP contribution < -0.4 is 5.32 Å². The van der Waals surface area contributed by atoms with Gasteiger partial charge in [-0.2, -0.15) is 0 Å². The molecule has 7 unspecified atom stereocenters. The summed E-state index contributed by atoms with van der Waals surface area (Å²) in [4.78, 5) is 0. The zero-order chi connectivity index (χ0) is 20.1. The minimum Gasteiger partial charge on any atom is -0.307 e. The number of rotatable bonds is 4. The van der Waals surface area contributed by atoms with Crippen LogP contribution in [0.25, 0.3) is 0 Å². The molecule has 7 atom stereocenters. The van der Waals surface area contributed by atoms with Gasteiger partial charge in [0, 0.05) is 18.0 Å². The molecule has 0 aromatic heterocycles. The lowest BCUT2D eigenvalue weighted by Crippen LogP contribution is -2.35. The van der Waals surface area contributed by atoms with E-state index in [1.54, 1.807) is 5.57 Å². The van der Waals surface area contributed by atoms with Crippen molar-refractivity contribution >= 4 is 0 Å². The van der Waals surface area contributed by atoms with Crippen molar-refractivity contribution in [2.45, 2.75) is 96.1 Å². The minimum absolute atomic E-state index is 0.669. The smallest absolute Gasteiger partial charge is 0.0351 e. The summed E-state index contributed by atoms with van der Waals surface area (Å²) in [5.41, 5.74) is 1.75. The third-order valence-corrected chi connectivity index (χ3v) is 10.2. The van der Waals surface area contributed by atoms with E-state index in [0.717, 1.165) is 53.4 Å². The molecule has 1 nitrogen and oxygen atoms in total. The van der Waals surface area contributed by atoms with E-state index in [2.05, 4.69) is 42.6 Å². The molecule has 0 amide bonds. The molecule has 6 aliphatic rings. The van der Waals surface area contributed by atoms with Crippen LogP contribution in [-0.4, -0.2) is 12.1 Å². The van der Waals surface area contributed by atoms with Gasteiger partial charge in [-0.25, -0.2) is 0 Å². The van der Waals surface area contributed by atoms with Crippen LogP contribution in [0.1, 0.15) is 84.0 Å². The Labute approximate surface area is 184 Å². The lowest BCUT2D eigenvalue weighted by Gasteiger charge is -2.38. The minimum atomic E-state index is 0.669. The van der Waals surface area contributed by atoms with Crippen molar-refractivity contribution in [2.75, 3.05) is 0 Å². The molecule has 3 saturated carbocycles. The van der Waals surface area contributed by atoms with Crippen molar-refractivity contribution in [3.05, 3.63) is 36.0 Å². The van der Waals surface area contributed by atoms with Crippen molar-refractivity contribution in [1.82, 2.24) is 5.32 Å². The Morgan fingerprint density at radius 2 is 1.63 bits per heavy atom. The van der Waals surface area contributed by atoms with Gasteiger partial charge in [0.05, 0.1) is 0 Å². The molecule has 164 valence electrons. The number of hydrogen-bond acceptors (Lipinski definition) is 1. The van der Waals surface area contributed by atoms with Crippen LogP contribution >= 0.6 is 0 Å². The van der Waals surface area contributed by atoms with Gasteiger partial charge in [-0.3, -0.25) is 0 Å². The predicted octanol–water partition coefficient (Wildman–Crippen LogP) is 7.06. The van der Waals surface area contributed by atoms with Gasteiger partial charge in [0.15, 0.2) is 0 Å². The Bertz CT molecular complexity index is 704. The average molecular weight is 406 g/mol. The van der Waals surface area contributed by atoms with E-state index in [1.165, 1.54) is 77.0 Å². The van der Waals surface area contributed by atoms with Gasteiger partial charge in [0.25, 0.3) is 0 Å². The summed E-state index contributed by atoms with van der Waals surface area (Å²) in [5, 5.41) is 4.09. The SMILES string of the molecule is CC1CC(C2CCC(CC3=CC=CC4C3NC3CCCCC34)CC2)C=CC1C1CC1. The summed E-state index contributed by atoms with van der Waals surface area (Å²) < 4.78 is 0. The van der Waals surface area contributed by atoms with Gasteiger partial charge in [-0.05, 0) is 106 Å². The first kappa shape index (κ1) is 19.8. The van der Waals surface area contributed by atoms with Crippen molar-refractivity contribution in [1.29, 1.82) is 0 Å². The summed E-state index contributed by atoms with van der Waals surface area (Å²) in [6, 6.07) is 1.47. The highest BCUT2D eigenvalue weighted by Gasteiger charge is 2.44. The maximum atomic E-state index is 4.09. The highest BCUT2D eigenvalue weighted by molar-refractivity contribution is 5.30. The molecule has 0 aromatic carbocycles. The Hall–Kier alpha value is -0.820. The van der Waals surface area contributed by atoms with Crippen molar-refractivity contribution in [2.24, 2.45) is 47.3 Å². The number of allylic oxidation sites excluding steroid dienone is 4. The molecular weight excluding hydrogens is 362 g/mol. The van der Waals surface area contributed by atoms with Gasteiger partial charge in [0.2, 0.25) is 0 Å². The molecule has 1 heteroatoms. The molecule has 4 fully saturated rings. The lowest BCUT2D eigenvalue weighted by molar-refractivity contribution is 0.184. The second-order valence-corrected chi connectivity index (χ2v) is 12.1. The molecule has 1 heterocycles. The van der Waals surface area contributed by atoms with Gasteiger partial charge in [0.1, 0.15) is 0 Å². The van der Waals surface area contributed by atoms with Crippen LogP contribution in [0.2, 0.25) is 0 Å². The third-order valence-electron chi connectivity index (χ3n) is 10.2. The monoisotopic (exact) mass is 405 g/mol. The van der Waals surface area contributed by atoms with Crippen LogP contribution in [0.5, 0.6) is 0 Å². The molecule has 1 saturated heterocycles. The fourth-order valence-electron chi connectivity index (χ4n) is 8.36. The second kappa shape index (κ2) is 8.27. The van der Waals surface area contributed by atoms with Crippen molar-refractivity contribution in [3.8, 4) is 0 Å². The van der Waals surface area contributed by atoms with Crippen LogP contribution in [0, 0.1) is 47.3 Å².